The number of hydrogen-bond donors (Lipinski definition) is 0. The lowest BCUT2D eigenvalue weighted by atomic mass is 9.85. The first kappa shape index (κ1) is 8.60. The Morgan fingerprint density at radius 1 is 1.46 bits per heavy atom. The minimum Gasteiger partial charge on any atom is -0.361 e. The molecule has 1 heterocycles. The average molecular weight is 180 g/mol. The van der Waals surface area contributed by atoms with Gasteiger partial charge in [-0.05, 0) is 12.8 Å². The quantitative estimate of drug-likeness (QED) is 0.275. The van der Waals surface area contributed by atoms with E-state index in [2.05, 4.69) is 4.79 Å². The molecule has 0 amide bonds. The van der Waals surface area contributed by atoms with E-state index in [1.165, 1.54) is 6.42 Å². The standard InChI is InChI=1S/C9H12N2O2/c10-11-6-7(12)8-9(13-8)4-2-1-3-5-9/h6,8H,1-5H2/t8-/m0/s1. The molecule has 1 aliphatic heterocycles. The minimum atomic E-state index is -0.330. The molecule has 0 unspecified atom stereocenters. The summed E-state index contributed by atoms with van der Waals surface area (Å²) in [5, 5.41) is 0. The normalized spacial score (nSPS) is 29.4. The predicted octanol–water partition coefficient (Wildman–Crippen LogP) is 0.958. The summed E-state index contributed by atoms with van der Waals surface area (Å²) >= 11 is 0. The Balaban J connectivity index is 1.99. The third-order valence-electron chi connectivity index (χ3n) is 2.92. The van der Waals surface area contributed by atoms with E-state index in [1.54, 1.807) is 0 Å². The van der Waals surface area contributed by atoms with Crippen molar-refractivity contribution in [1.29, 1.82) is 0 Å². The van der Waals surface area contributed by atoms with Crippen molar-refractivity contribution >= 4 is 12.0 Å². The van der Waals surface area contributed by atoms with Crippen LogP contribution in [0.2, 0.25) is 0 Å². The molecular weight excluding hydrogens is 168 g/mol. The SMILES string of the molecule is [N-]=[N+]=CC(=O)[C@@H]1OC12CCCCC2. The van der Waals surface area contributed by atoms with Gasteiger partial charge < -0.3 is 10.3 Å². The van der Waals surface area contributed by atoms with Gasteiger partial charge in [0, 0.05) is 0 Å². The molecule has 2 aliphatic rings. The Kier molecular flexibility index (Phi) is 2.02. The molecule has 4 heteroatoms. The molecule has 1 spiro atoms. The monoisotopic (exact) mass is 180 g/mol. The van der Waals surface area contributed by atoms with Crippen molar-refractivity contribution in [3.8, 4) is 0 Å². The Morgan fingerprint density at radius 3 is 2.77 bits per heavy atom. The summed E-state index contributed by atoms with van der Waals surface area (Å²) in [4.78, 5) is 14.0. The van der Waals surface area contributed by atoms with Gasteiger partial charge in [-0.2, -0.15) is 4.79 Å². The zero-order chi connectivity index (χ0) is 9.31. The third-order valence-corrected chi connectivity index (χ3v) is 2.92. The summed E-state index contributed by atoms with van der Waals surface area (Å²) < 4.78 is 5.41. The molecule has 1 saturated heterocycles. The van der Waals surface area contributed by atoms with Gasteiger partial charge in [-0.1, -0.05) is 19.3 Å². The van der Waals surface area contributed by atoms with Crippen LogP contribution < -0.4 is 0 Å². The number of carbonyl (C=O) groups excluding carboxylic acids is 1. The van der Waals surface area contributed by atoms with Gasteiger partial charge in [-0.3, -0.25) is 4.79 Å². The highest BCUT2D eigenvalue weighted by Gasteiger charge is 2.60. The van der Waals surface area contributed by atoms with Crippen molar-refractivity contribution in [1.82, 2.24) is 0 Å². The zero-order valence-corrected chi connectivity index (χ0v) is 7.40. The van der Waals surface area contributed by atoms with Gasteiger partial charge in [0.05, 0.1) is 0 Å². The molecule has 4 nitrogen and oxygen atoms in total. The molecule has 0 bridgehead atoms. The fourth-order valence-corrected chi connectivity index (χ4v) is 2.17. The number of rotatable bonds is 2. The van der Waals surface area contributed by atoms with Crippen LogP contribution in [0.1, 0.15) is 32.1 Å². The molecule has 2 rings (SSSR count). The largest absolute Gasteiger partial charge is 0.361 e. The van der Waals surface area contributed by atoms with Crippen molar-refractivity contribution in [2.24, 2.45) is 0 Å². The highest BCUT2D eigenvalue weighted by molar-refractivity contribution is 6.28. The van der Waals surface area contributed by atoms with E-state index in [4.69, 9.17) is 10.3 Å². The van der Waals surface area contributed by atoms with E-state index in [-0.39, 0.29) is 17.5 Å². The Morgan fingerprint density at radius 2 is 2.15 bits per heavy atom. The summed E-state index contributed by atoms with van der Waals surface area (Å²) in [5.41, 5.74) is 8.01. The second-order valence-corrected chi connectivity index (χ2v) is 3.77. The van der Waals surface area contributed by atoms with Crippen molar-refractivity contribution < 1.29 is 14.3 Å². The number of epoxide rings is 1. The van der Waals surface area contributed by atoms with Crippen molar-refractivity contribution in [3.63, 3.8) is 0 Å². The Labute approximate surface area is 76.5 Å². The number of hydrogen-bond acceptors (Lipinski definition) is 2. The van der Waals surface area contributed by atoms with Gasteiger partial charge in [-0.15, -0.1) is 0 Å². The molecule has 0 aromatic rings. The van der Waals surface area contributed by atoms with Crippen LogP contribution in [0.5, 0.6) is 0 Å². The van der Waals surface area contributed by atoms with Crippen molar-refractivity contribution in [2.75, 3.05) is 0 Å². The molecule has 70 valence electrons. The summed E-state index contributed by atoms with van der Waals surface area (Å²) in [5.74, 6) is -0.204. The first-order valence-electron chi connectivity index (χ1n) is 4.68. The molecule has 2 fully saturated rings. The highest BCUT2D eigenvalue weighted by Crippen LogP contribution is 2.48. The Bertz CT molecular complexity index is 275. The van der Waals surface area contributed by atoms with Crippen LogP contribution in [-0.2, 0) is 9.53 Å². The van der Waals surface area contributed by atoms with E-state index in [0.29, 0.717) is 0 Å². The van der Waals surface area contributed by atoms with Gasteiger partial charge >= 0.3 is 6.21 Å². The van der Waals surface area contributed by atoms with E-state index in [1.807, 2.05) is 0 Å². The van der Waals surface area contributed by atoms with Crippen LogP contribution in [0.15, 0.2) is 0 Å². The number of carbonyl (C=O) groups is 1. The van der Waals surface area contributed by atoms with Crippen LogP contribution in [0, 0.1) is 0 Å². The van der Waals surface area contributed by atoms with Crippen LogP contribution in [0.4, 0.5) is 0 Å². The first-order valence-corrected chi connectivity index (χ1v) is 4.68. The highest BCUT2D eigenvalue weighted by atomic mass is 16.6. The number of Topliss-reactive ketones (excluding diaryl/α,β-unsaturated/α-hetero) is 1. The van der Waals surface area contributed by atoms with Crippen molar-refractivity contribution in [3.05, 3.63) is 5.53 Å². The van der Waals surface area contributed by atoms with Crippen LogP contribution in [-0.4, -0.2) is 28.5 Å². The number of nitrogens with zero attached hydrogens (tertiary/aromatic N) is 2. The second-order valence-electron chi connectivity index (χ2n) is 3.77. The van der Waals surface area contributed by atoms with Gasteiger partial charge in [0.25, 0.3) is 5.78 Å². The molecule has 13 heavy (non-hydrogen) atoms. The maximum absolute atomic E-state index is 11.2. The molecule has 1 aliphatic carbocycles. The summed E-state index contributed by atoms with van der Waals surface area (Å²) in [7, 11) is 0. The van der Waals surface area contributed by atoms with Crippen LogP contribution >= 0.6 is 0 Å². The number of ether oxygens (including phenoxy) is 1. The van der Waals surface area contributed by atoms with Crippen LogP contribution in [0.25, 0.3) is 5.53 Å². The number of ketones is 1. The smallest absolute Gasteiger partial charge is 0.326 e. The first-order chi connectivity index (χ1) is 6.28. The fraction of sp³-hybridized carbons (Fsp3) is 0.778. The zero-order valence-electron chi connectivity index (χ0n) is 7.40. The molecule has 0 radical (unpaired) electrons. The van der Waals surface area contributed by atoms with Crippen molar-refractivity contribution in [2.45, 2.75) is 43.8 Å². The summed E-state index contributed by atoms with van der Waals surface area (Å²) in [6.07, 6.45) is 6.07. The predicted molar refractivity (Wildman–Crippen MR) is 45.4 cm³/mol. The van der Waals surface area contributed by atoms with E-state index in [9.17, 15) is 4.79 Å². The van der Waals surface area contributed by atoms with E-state index < -0.39 is 0 Å². The lowest BCUT2D eigenvalue weighted by molar-refractivity contribution is -0.117. The molecule has 1 atom stereocenters. The topological polar surface area (TPSA) is 66.0 Å². The second kappa shape index (κ2) is 3.05. The average Bonchev–Trinajstić information content (AvgIpc) is 2.81. The molecule has 0 N–H and O–H groups in total. The lowest BCUT2D eigenvalue weighted by Crippen LogP contribution is -2.24. The maximum atomic E-state index is 11.2. The lowest BCUT2D eigenvalue weighted by Gasteiger charge is -2.17. The summed E-state index contributed by atoms with van der Waals surface area (Å²) in [6.45, 7) is 0. The van der Waals surface area contributed by atoms with Gasteiger partial charge in [-0.25, -0.2) is 0 Å². The third kappa shape index (κ3) is 1.43. The van der Waals surface area contributed by atoms with Crippen LogP contribution in [0.3, 0.4) is 0 Å². The minimum absolute atomic E-state index is 0.184. The van der Waals surface area contributed by atoms with Gasteiger partial charge in [0.2, 0.25) is 0 Å². The maximum Gasteiger partial charge on any atom is 0.326 e. The van der Waals surface area contributed by atoms with E-state index >= 15 is 0 Å². The van der Waals surface area contributed by atoms with E-state index in [0.717, 1.165) is 31.9 Å². The molecule has 0 aromatic carbocycles. The molecule has 0 aromatic heterocycles. The van der Waals surface area contributed by atoms with Gasteiger partial charge in [0.15, 0.2) is 6.10 Å². The summed E-state index contributed by atoms with van der Waals surface area (Å²) in [6, 6.07) is 0. The van der Waals surface area contributed by atoms with Gasteiger partial charge in [0.1, 0.15) is 5.60 Å². The Hall–Kier alpha value is -0.990. The molecular formula is C9H12N2O2. The molecule has 1 saturated carbocycles. The fourth-order valence-electron chi connectivity index (χ4n) is 2.17.